The molecule has 0 atom stereocenters. The van der Waals surface area contributed by atoms with E-state index in [0.717, 1.165) is 51.3 Å². The van der Waals surface area contributed by atoms with Crippen molar-refractivity contribution in [3.05, 3.63) is 34.1 Å². The fourth-order valence-corrected chi connectivity index (χ4v) is 2.71. The lowest BCUT2D eigenvalue weighted by atomic mass is 10.2. The Morgan fingerprint density at radius 1 is 1.00 bits per heavy atom. The third-order valence-electron chi connectivity index (χ3n) is 3.72. The first-order valence-electron chi connectivity index (χ1n) is 7.49. The highest BCUT2D eigenvalue weighted by molar-refractivity contribution is 9.10. The molecule has 0 spiro atoms. The minimum atomic E-state index is -0.179. The van der Waals surface area contributed by atoms with Gasteiger partial charge in [0, 0.05) is 6.54 Å². The van der Waals surface area contributed by atoms with Crippen LogP contribution in [-0.4, -0.2) is 42.5 Å². The van der Waals surface area contributed by atoms with Crippen LogP contribution in [0.25, 0.3) is 0 Å². The lowest BCUT2D eigenvalue weighted by molar-refractivity contribution is 0.238. The predicted octanol–water partition coefficient (Wildman–Crippen LogP) is 4.14. The van der Waals surface area contributed by atoms with E-state index in [1.807, 2.05) is 6.07 Å². The monoisotopic (exact) mass is 344 g/mol. The van der Waals surface area contributed by atoms with Crippen LogP contribution in [0.3, 0.4) is 0 Å². The topological polar surface area (TPSA) is 6.48 Å². The minimum Gasteiger partial charge on any atom is -0.304 e. The molecule has 1 aromatic rings. The maximum absolute atomic E-state index is 13.5. The summed E-state index contributed by atoms with van der Waals surface area (Å²) in [6.07, 6.45) is 1.16. The van der Waals surface area contributed by atoms with Crippen molar-refractivity contribution in [3.8, 4) is 0 Å². The van der Waals surface area contributed by atoms with Gasteiger partial charge in [-0.2, -0.15) is 0 Å². The zero-order chi connectivity index (χ0) is 15.0. The van der Waals surface area contributed by atoms with Gasteiger partial charge in [0.1, 0.15) is 5.82 Å². The second-order valence-electron chi connectivity index (χ2n) is 4.96. The van der Waals surface area contributed by atoms with E-state index < -0.39 is 0 Å². The number of hydrogen-bond acceptors (Lipinski definition) is 2. The largest absolute Gasteiger partial charge is 0.304 e. The summed E-state index contributed by atoms with van der Waals surface area (Å²) in [7, 11) is 0. The van der Waals surface area contributed by atoms with Crippen molar-refractivity contribution in [1.29, 1.82) is 0 Å². The quantitative estimate of drug-likeness (QED) is 0.664. The molecule has 0 N–H and O–H groups in total. The summed E-state index contributed by atoms with van der Waals surface area (Å²) in [5.41, 5.74) is 1.02. The Labute approximate surface area is 131 Å². The van der Waals surface area contributed by atoms with Crippen LogP contribution >= 0.6 is 15.9 Å². The smallest absolute Gasteiger partial charge is 0.137 e. The number of benzene rings is 1. The summed E-state index contributed by atoms with van der Waals surface area (Å²) < 4.78 is 14.1. The molecule has 0 saturated heterocycles. The first-order chi connectivity index (χ1) is 9.62. The van der Waals surface area contributed by atoms with Crippen LogP contribution in [0.5, 0.6) is 0 Å². The van der Waals surface area contributed by atoms with Crippen LogP contribution in [0.15, 0.2) is 22.7 Å². The van der Waals surface area contributed by atoms with Crippen molar-refractivity contribution in [2.24, 2.45) is 0 Å². The SMILES string of the molecule is CCN(CC)CCCN(CC)Cc1cccc(F)c1Br. The maximum atomic E-state index is 13.5. The standard InChI is InChI=1S/C16H26BrFN2/c1-4-19(5-2)11-8-12-20(6-3)13-14-9-7-10-15(18)16(14)17/h7,9-10H,4-6,8,11-13H2,1-3H3. The van der Waals surface area contributed by atoms with Gasteiger partial charge < -0.3 is 4.90 Å². The van der Waals surface area contributed by atoms with Gasteiger partial charge in [-0.05, 0) is 66.7 Å². The molecular formula is C16H26BrFN2. The Morgan fingerprint density at radius 3 is 2.20 bits per heavy atom. The van der Waals surface area contributed by atoms with Crippen LogP contribution in [-0.2, 0) is 6.54 Å². The number of halogens is 2. The van der Waals surface area contributed by atoms with Crippen molar-refractivity contribution in [1.82, 2.24) is 9.80 Å². The molecule has 4 heteroatoms. The van der Waals surface area contributed by atoms with Gasteiger partial charge in [0.05, 0.1) is 4.47 Å². The summed E-state index contributed by atoms with van der Waals surface area (Å²) in [5.74, 6) is -0.179. The highest BCUT2D eigenvalue weighted by Gasteiger charge is 2.10. The third-order valence-corrected chi connectivity index (χ3v) is 4.60. The van der Waals surface area contributed by atoms with Crippen LogP contribution in [0, 0.1) is 5.82 Å². The summed E-state index contributed by atoms with van der Waals surface area (Å²) in [6, 6.07) is 5.25. The molecule has 0 aromatic heterocycles. The van der Waals surface area contributed by atoms with Crippen molar-refractivity contribution < 1.29 is 4.39 Å². The molecule has 0 unspecified atom stereocenters. The molecule has 0 aliphatic rings. The van der Waals surface area contributed by atoms with E-state index in [1.54, 1.807) is 6.07 Å². The fraction of sp³-hybridized carbons (Fsp3) is 0.625. The van der Waals surface area contributed by atoms with Crippen molar-refractivity contribution in [3.63, 3.8) is 0 Å². The highest BCUT2D eigenvalue weighted by atomic mass is 79.9. The van der Waals surface area contributed by atoms with E-state index in [0.29, 0.717) is 4.47 Å². The molecule has 114 valence electrons. The average Bonchev–Trinajstić information content (AvgIpc) is 2.46. The Morgan fingerprint density at radius 2 is 1.60 bits per heavy atom. The number of hydrogen-bond donors (Lipinski definition) is 0. The van der Waals surface area contributed by atoms with E-state index in [-0.39, 0.29) is 5.82 Å². The van der Waals surface area contributed by atoms with Crippen molar-refractivity contribution in [2.75, 3.05) is 32.7 Å². The summed E-state index contributed by atoms with van der Waals surface area (Å²) >= 11 is 3.34. The first-order valence-corrected chi connectivity index (χ1v) is 8.29. The summed E-state index contributed by atoms with van der Waals surface area (Å²) in [6.45, 7) is 12.7. The van der Waals surface area contributed by atoms with Gasteiger partial charge in [-0.3, -0.25) is 4.90 Å². The molecule has 0 aliphatic carbocycles. The summed E-state index contributed by atoms with van der Waals surface area (Å²) in [4.78, 5) is 4.80. The van der Waals surface area contributed by atoms with Gasteiger partial charge in [-0.1, -0.05) is 32.9 Å². The van der Waals surface area contributed by atoms with Crippen LogP contribution in [0.1, 0.15) is 32.8 Å². The average molecular weight is 345 g/mol. The zero-order valence-corrected chi connectivity index (χ0v) is 14.4. The van der Waals surface area contributed by atoms with Gasteiger partial charge in [0.15, 0.2) is 0 Å². The lowest BCUT2D eigenvalue weighted by Crippen LogP contribution is -2.29. The molecule has 0 amide bonds. The van der Waals surface area contributed by atoms with Crippen LogP contribution < -0.4 is 0 Å². The molecule has 2 nitrogen and oxygen atoms in total. The Bertz CT molecular complexity index is 394. The van der Waals surface area contributed by atoms with Gasteiger partial charge in [-0.25, -0.2) is 4.39 Å². The van der Waals surface area contributed by atoms with E-state index in [9.17, 15) is 4.39 Å². The minimum absolute atomic E-state index is 0.179. The van der Waals surface area contributed by atoms with Crippen LogP contribution in [0.4, 0.5) is 4.39 Å². The normalized spacial score (nSPS) is 11.6. The highest BCUT2D eigenvalue weighted by Crippen LogP contribution is 2.21. The molecule has 0 heterocycles. The number of rotatable bonds is 9. The molecule has 20 heavy (non-hydrogen) atoms. The van der Waals surface area contributed by atoms with E-state index in [1.165, 1.54) is 6.07 Å². The maximum Gasteiger partial charge on any atom is 0.137 e. The first kappa shape index (κ1) is 17.6. The fourth-order valence-electron chi connectivity index (χ4n) is 2.32. The number of nitrogens with zero attached hydrogens (tertiary/aromatic N) is 2. The van der Waals surface area contributed by atoms with E-state index in [4.69, 9.17) is 0 Å². The van der Waals surface area contributed by atoms with Gasteiger partial charge in [-0.15, -0.1) is 0 Å². The third kappa shape index (κ3) is 5.51. The molecule has 0 saturated carbocycles. The molecular weight excluding hydrogens is 319 g/mol. The van der Waals surface area contributed by atoms with Gasteiger partial charge in [0.2, 0.25) is 0 Å². The predicted molar refractivity (Wildman–Crippen MR) is 87.5 cm³/mol. The second kappa shape index (κ2) is 9.48. The molecule has 0 bridgehead atoms. The molecule has 1 aromatic carbocycles. The second-order valence-corrected chi connectivity index (χ2v) is 5.76. The van der Waals surface area contributed by atoms with Gasteiger partial charge in [0.25, 0.3) is 0 Å². The summed E-state index contributed by atoms with van der Waals surface area (Å²) in [5, 5.41) is 0. The van der Waals surface area contributed by atoms with Crippen LogP contribution in [0.2, 0.25) is 0 Å². The van der Waals surface area contributed by atoms with Gasteiger partial charge >= 0.3 is 0 Å². The Balaban J connectivity index is 2.49. The Kier molecular flexibility index (Phi) is 8.34. The lowest BCUT2D eigenvalue weighted by Gasteiger charge is -2.24. The molecule has 0 radical (unpaired) electrons. The Hall–Kier alpha value is -0.450. The van der Waals surface area contributed by atoms with Crippen molar-refractivity contribution >= 4 is 15.9 Å². The van der Waals surface area contributed by atoms with Crippen molar-refractivity contribution in [2.45, 2.75) is 33.7 Å². The molecule has 0 aliphatic heterocycles. The van der Waals surface area contributed by atoms with E-state index >= 15 is 0 Å². The molecule has 1 rings (SSSR count). The zero-order valence-electron chi connectivity index (χ0n) is 12.8. The van der Waals surface area contributed by atoms with E-state index in [2.05, 4.69) is 46.5 Å². The molecule has 0 fully saturated rings.